The summed E-state index contributed by atoms with van der Waals surface area (Å²) in [7, 11) is -3.77. The summed E-state index contributed by atoms with van der Waals surface area (Å²) in [4.78, 5) is 23.6. The first-order valence-electron chi connectivity index (χ1n) is 8.15. The van der Waals surface area contributed by atoms with Crippen LogP contribution in [0.2, 0.25) is 0 Å². The third-order valence-electron chi connectivity index (χ3n) is 4.05. The standard InChI is InChI=1S/C17H18N2O6S2/c20-16(18-11-12-2-1-3-13(10-12)17(21)22)15-14(4-9-26-15)27(23,24)19-5-7-25-8-6-19/h1-4,9-10H,5-8,11H2,(H,18,20)(H,21,22). The highest BCUT2D eigenvalue weighted by molar-refractivity contribution is 7.89. The van der Waals surface area contributed by atoms with Crippen molar-refractivity contribution in [2.45, 2.75) is 11.4 Å². The Morgan fingerprint density at radius 1 is 1.22 bits per heavy atom. The van der Waals surface area contributed by atoms with Gasteiger partial charge >= 0.3 is 5.97 Å². The summed E-state index contributed by atoms with van der Waals surface area (Å²) in [5.74, 6) is -1.57. The van der Waals surface area contributed by atoms with E-state index in [0.717, 1.165) is 11.3 Å². The first-order valence-corrected chi connectivity index (χ1v) is 10.5. The first kappa shape index (κ1) is 19.5. The van der Waals surface area contributed by atoms with Gasteiger partial charge in [0.2, 0.25) is 10.0 Å². The number of benzene rings is 1. The number of carbonyl (C=O) groups excluding carboxylic acids is 1. The lowest BCUT2D eigenvalue weighted by Gasteiger charge is -2.26. The number of sulfonamides is 1. The van der Waals surface area contributed by atoms with Crippen molar-refractivity contribution < 1.29 is 27.9 Å². The molecule has 1 amide bonds. The molecular formula is C17H18N2O6S2. The summed E-state index contributed by atoms with van der Waals surface area (Å²) in [6.07, 6.45) is 0. The summed E-state index contributed by atoms with van der Waals surface area (Å²) in [5.41, 5.74) is 0.728. The summed E-state index contributed by atoms with van der Waals surface area (Å²) < 4.78 is 32.1. The zero-order valence-corrected chi connectivity index (χ0v) is 15.9. The van der Waals surface area contributed by atoms with Crippen LogP contribution >= 0.6 is 11.3 Å². The molecule has 2 aromatic rings. The van der Waals surface area contributed by atoms with Gasteiger partial charge in [-0.3, -0.25) is 4.79 Å². The van der Waals surface area contributed by atoms with Crippen LogP contribution in [-0.2, 0) is 21.3 Å². The van der Waals surface area contributed by atoms with Gasteiger partial charge in [-0.15, -0.1) is 11.3 Å². The number of hydrogen-bond donors (Lipinski definition) is 2. The largest absolute Gasteiger partial charge is 0.478 e. The van der Waals surface area contributed by atoms with Crippen molar-refractivity contribution in [3.8, 4) is 0 Å². The van der Waals surface area contributed by atoms with Crippen LogP contribution in [-0.4, -0.2) is 56.0 Å². The van der Waals surface area contributed by atoms with Gasteiger partial charge in [-0.05, 0) is 29.1 Å². The summed E-state index contributed by atoms with van der Waals surface area (Å²) in [5, 5.41) is 13.2. The molecule has 1 fully saturated rings. The quantitative estimate of drug-likeness (QED) is 0.744. The van der Waals surface area contributed by atoms with Crippen LogP contribution in [0.1, 0.15) is 25.6 Å². The number of carboxylic acid groups (broad SMARTS) is 1. The molecule has 0 unspecified atom stereocenters. The second kappa shape index (κ2) is 8.17. The number of rotatable bonds is 6. The van der Waals surface area contributed by atoms with Gasteiger partial charge in [0.1, 0.15) is 9.77 Å². The second-order valence-electron chi connectivity index (χ2n) is 5.82. The number of nitrogens with zero attached hydrogens (tertiary/aromatic N) is 1. The van der Waals surface area contributed by atoms with Gasteiger partial charge < -0.3 is 15.2 Å². The van der Waals surface area contributed by atoms with Crippen molar-refractivity contribution in [1.82, 2.24) is 9.62 Å². The highest BCUT2D eigenvalue weighted by Crippen LogP contribution is 2.26. The fourth-order valence-corrected chi connectivity index (χ4v) is 5.39. The SMILES string of the molecule is O=C(O)c1cccc(CNC(=O)c2sccc2S(=O)(=O)N2CCOCC2)c1. The molecule has 144 valence electrons. The fraction of sp³-hybridized carbons (Fsp3) is 0.294. The molecule has 1 aliphatic rings. The summed E-state index contributed by atoms with van der Waals surface area (Å²) >= 11 is 1.05. The molecule has 27 heavy (non-hydrogen) atoms. The topological polar surface area (TPSA) is 113 Å². The van der Waals surface area contributed by atoms with Crippen molar-refractivity contribution in [1.29, 1.82) is 0 Å². The van der Waals surface area contributed by atoms with E-state index in [1.54, 1.807) is 17.5 Å². The third kappa shape index (κ3) is 4.35. The summed E-state index contributed by atoms with van der Waals surface area (Å²) in [6.45, 7) is 1.24. The van der Waals surface area contributed by atoms with Crippen LogP contribution in [0.15, 0.2) is 40.6 Å². The molecule has 2 heterocycles. The molecule has 8 nitrogen and oxygen atoms in total. The van der Waals surface area contributed by atoms with Gasteiger partial charge in [0.05, 0.1) is 18.8 Å². The van der Waals surface area contributed by atoms with Gasteiger partial charge in [0.15, 0.2) is 0 Å². The maximum atomic E-state index is 12.8. The molecular weight excluding hydrogens is 392 g/mol. The number of carbonyl (C=O) groups is 2. The smallest absolute Gasteiger partial charge is 0.335 e. The van der Waals surface area contributed by atoms with E-state index in [1.165, 1.54) is 22.5 Å². The number of thiophene rings is 1. The predicted octanol–water partition coefficient (Wildman–Crippen LogP) is 1.40. The van der Waals surface area contributed by atoms with E-state index >= 15 is 0 Å². The van der Waals surface area contributed by atoms with Crippen molar-refractivity contribution in [2.75, 3.05) is 26.3 Å². The number of morpholine rings is 1. The van der Waals surface area contributed by atoms with E-state index in [4.69, 9.17) is 9.84 Å². The molecule has 2 N–H and O–H groups in total. The Morgan fingerprint density at radius 2 is 1.96 bits per heavy atom. The lowest BCUT2D eigenvalue weighted by Crippen LogP contribution is -2.41. The molecule has 1 saturated heterocycles. The predicted molar refractivity (Wildman–Crippen MR) is 98.5 cm³/mol. The second-order valence-corrected chi connectivity index (χ2v) is 8.64. The van der Waals surface area contributed by atoms with Crippen molar-refractivity contribution in [3.05, 3.63) is 51.7 Å². The van der Waals surface area contributed by atoms with Crippen LogP contribution in [0, 0.1) is 0 Å². The lowest BCUT2D eigenvalue weighted by atomic mass is 10.1. The van der Waals surface area contributed by atoms with Crippen molar-refractivity contribution >= 4 is 33.2 Å². The zero-order valence-electron chi connectivity index (χ0n) is 14.3. The number of ether oxygens (including phenoxy) is 1. The van der Waals surface area contributed by atoms with Gasteiger partial charge in [0, 0.05) is 19.6 Å². The molecule has 10 heteroatoms. The van der Waals surface area contributed by atoms with E-state index in [0.29, 0.717) is 18.8 Å². The average Bonchev–Trinajstić information content (AvgIpc) is 3.18. The highest BCUT2D eigenvalue weighted by atomic mass is 32.2. The molecule has 0 saturated carbocycles. The van der Waals surface area contributed by atoms with Crippen LogP contribution in [0.5, 0.6) is 0 Å². The molecule has 1 aliphatic heterocycles. The molecule has 0 bridgehead atoms. The van der Waals surface area contributed by atoms with E-state index in [-0.39, 0.29) is 35.0 Å². The third-order valence-corrected chi connectivity index (χ3v) is 7.03. The molecule has 1 aromatic heterocycles. The van der Waals surface area contributed by atoms with Crippen LogP contribution < -0.4 is 5.32 Å². The molecule has 3 rings (SSSR count). The molecule has 0 aliphatic carbocycles. The van der Waals surface area contributed by atoms with Crippen molar-refractivity contribution in [2.24, 2.45) is 0 Å². The van der Waals surface area contributed by atoms with Crippen LogP contribution in [0.25, 0.3) is 0 Å². The number of carboxylic acids is 1. The van der Waals surface area contributed by atoms with Gasteiger partial charge in [-0.1, -0.05) is 12.1 Å². The Balaban J connectivity index is 1.74. The molecule has 1 aromatic carbocycles. The Bertz CT molecular complexity index is 948. The van der Waals surface area contributed by atoms with E-state index < -0.39 is 21.9 Å². The van der Waals surface area contributed by atoms with E-state index in [2.05, 4.69) is 5.32 Å². The van der Waals surface area contributed by atoms with E-state index in [9.17, 15) is 18.0 Å². The Morgan fingerprint density at radius 3 is 2.67 bits per heavy atom. The van der Waals surface area contributed by atoms with Gasteiger partial charge in [-0.2, -0.15) is 4.31 Å². The minimum Gasteiger partial charge on any atom is -0.478 e. The fourth-order valence-electron chi connectivity index (χ4n) is 2.67. The summed E-state index contributed by atoms with van der Waals surface area (Å²) in [6, 6.07) is 7.62. The number of amides is 1. The molecule has 0 atom stereocenters. The highest BCUT2D eigenvalue weighted by Gasteiger charge is 2.31. The maximum absolute atomic E-state index is 12.8. The minimum absolute atomic E-state index is 0.0220. The number of nitrogens with one attached hydrogen (secondary N) is 1. The van der Waals surface area contributed by atoms with E-state index in [1.807, 2.05) is 0 Å². The van der Waals surface area contributed by atoms with Crippen LogP contribution in [0.3, 0.4) is 0 Å². The number of hydrogen-bond acceptors (Lipinski definition) is 6. The Labute approximate surface area is 160 Å². The Kier molecular flexibility index (Phi) is 5.90. The lowest BCUT2D eigenvalue weighted by molar-refractivity contribution is 0.0696. The number of aromatic carboxylic acids is 1. The normalized spacial score (nSPS) is 15.4. The average molecular weight is 410 g/mol. The Hall–Kier alpha value is -2.27. The monoisotopic (exact) mass is 410 g/mol. The molecule has 0 spiro atoms. The van der Waals surface area contributed by atoms with Crippen molar-refractivity contribution in [3.63, 3.8) is 0 Å². The zero-order chi connectivity index (χ0) is 19.4. The minimum atomic E-state index is -3.77. The molecule has 0 radical (unpaired) electrons. The first-order chi connectivity index (χ1) is 12.9. The van der Waals surface area contributed by atoms with Gasteiger partial charge in [0.25, 0.3) is 5.91 Å². The van der Waals surface area contributed by atoms with Crippen LogP contribution in [0.4, 0.5) is 0 Å². The van der Waals surface area contributed by atoms with Gasteiger partial charge in [-0.25, -0.2) is 13.2 Å². The maximum Gasteiger partial charge on any atom is 0.335 e.